The highest BCUT2D eigenvalue weighted by atomic mass is 35.5. The van der Waals surface area contributed by atoms with Crippen LogP contribution in [0.5, 0.6) is 0 Å². The van der Waals surface area contributed by atoms with E-state index in [2.05, 4.69) is 28.6 Å². The van der Waals surface area contributed by atoms with E-state index in [4.69, 9.17) is 23.2 Å². The van der Waals surface area contributed by atoms with Gasteiger partial charge in [0.05, 0.1) is 5.25 Å². The molecule has 3 aromatic rings. The Morgan fingerprint density at radius 3 is 1.57 bits per heavy atom. The monoisotopic (exact) mass is 557 g/mol. The zero-order chi connectivity index (χ0) is 26.6. The third-order valence-electron chi connectivity index (χ3n) is 5.64. The van der Waals surface area contributed by atoms with Crippen LogP contribution in [0.25, 0.3) is 0 Å². The fraction of sp³-hybridized carbons (Fsp3) is 0.250. The van der Waals surface area contributed by atoms with E-state index in [0.29, 0.717) is 42.4 Å². The third-order valence-corrected chi connectivity index (χ3v) is 6.56. The lowest BCUT2D eigenvalue weighted by atomic mass is 10.1. The molecule has 6 nitrogen and oxygen atoms in total. The number of carbonyl (C=O) groups excluding carboxylic acids is 3. The number of thiol groups is 1. The Balaban J connectivity index is 1.60. The molecule has 9 heteroatoms. The van der Waals surface area contributed by atoms with Crippen molar-refractivity contribution < 1.29 is 14.4 Å². The average Bonchev–Trinajstić information content (AvgIpc) is 2.89. The van der Waals surface area contributed by atoms with E-state index >= 15 is 0 Å². The summed E-state index contributed by atoms with van der Waals surface area (Å²) < 4.78 is 0. The van der Waals surface area contributed by atoms with Crippen LogP contribution in [0.4, 0.5) is 0 Å². The minimum atomic E-state index is -1.40. The molecule has 0 aliphatic heterocycles. The van der Waals surface area contributed by atoms with Gasteiger partial charge in [-0.3, -0.25) is 14.4 Å². The Hall–Kier alpha value is -3.00. The van der Waals surface area contributed by atoms with Gasteiger partial charge in [0.2, 0.25) is 5.91 Å². The van der Waals surface area contributed by atoms with Crippen LogP contribution in [0.15, 0.2) is 78.9 Å². The fourth-order valence-corrected chi connectivity index (χ4v) is 4.12. The van der Waals surface area contributed by atoms with Crippen molar-refractivity contribution in [1.82, 2.24) is 16.0 Å². The maximum Gasteiger partial charge on any atom is 0.252 e. The summed E-state index contributed by atoms with van der Waals surface area (Å²) in [5, 5.41) is 8.60. The van der Waals surface area contributed by atoms with Crippen LogP contribution in [0.3, 0.4) is 0 Å². The molecule has 0 aliphatic carbocycles. The lowest BCUT2D eigenvalue weighted by Gasteiger charge is -2.20. The van der Waals surface area contributed by atoms with Gasteiger partial charge in [0, 0.05) is 23.1 Å². The lowest BCUT2D eigenvalue weighted by molar-refractivity contribution is -0.136. The second kappa shape index (κ2) is 14.7. The smallest absolute Gasteiger partial charge is 0.252 e. The van der Waals surface area contributed by atoms with Crippen LogP contribution in [0.2, 0.25) is 10.0 Å². The van der Waals surface area contributed by atoms with Crippen molar-refractivity contribution in [1.29, 1.82) is 0 Å². The van der Waals surface area contributed by atoms with E-state index in [1.165, 1.54) is 0 Å². The predicted octanol–water partition coefficient (Wildman–Crippen LogP) is 4.04. The number of hydrogen-bond acceptors (Lipinski definition) is 4. The summed E-state index contributed by atoms with van der Waals surface area (Å²) in [7, 11) is 0. The molecular formula is C28H29Cl2N3O3S. The summed E-state index contributed by atoms with van der Waals surface area (Å²) in [5.74, 6) is -1.68. The molecule has 194 valence electrons. The molecule has 3 amide bonds. The van der Waals surface area contributed by atoms with Crippen molar-refractivity contribution >= 4 is 53.6 Å². The first-order valence-electron chi connectivity index (χ1n) is 11.9. The van der Waals surface area contributed by atoms with Crippen molar-refractivity contribution in [2.75, 3.05) is 13.1 Å². The largest absolute Gasteiger partial charge is 0.354 e. The van der Waals surface area contributed by atoms with Crippen molar-refractivity contribution in [2.24, 2.45) is 0 Å². The fourth-order valence-electron chi connectivity index (χ4n) is 3.59. The van der Waals surface area contributed by atoms with Gasteiger partial charge < -0.3 is 16.0 Å². The van der Waals surface area contributed by atoms with Gasteiger partial charge in [-0.15, -0.1) is 0 Å². The number of rotatable bonds is 12. The molecule has 37 heavy (non-hydrogen) atoms. The second-order valence-corrected chi connectivity index (χ2v) is 9.98. The Morgan fingerprint density at radius 2 is 1.11 bits per heavy atom. The van der Waals surface area contributed by atoms with Gasteiger partial charge in [0.1, 0.15) is 0 Å². The van der Waals surface area contributed by atoms with Crippen molar-refractivity contribution in [3.05, 3.63) is 106 Å². The van der Waals surface area contributed by atoms with Crippen LogP contribution >= 0.6 is 35.8 Å². The van der Waals surface area contributed by atoms with E-state index in [1.54, 1.807) is 24.3 Å². The number of hydrogen-bond donors (Lipinski definition) is 4. The number of benzene rings is 3. The number of halogens is 2. The van der Waals surface area contributed by atoms with Gasteiger partial charge in [0.25, 0.3) is 11.8 Å². The highest BCUT2D eigenvalue weighted by Gasteiger charge is 2.30. The molecule has 3 rings (SSSR count). The van der Waals surface area contributed by atoms with Crippen molar-refractivity contribution in [3.8, 4) is 0 Å². The zero-order valence-electron chi connectivity index (χ0n) is 20.1. The molecule has 0 radical (unpaired) electrons. The van der Waals surface area contributed by atoms with Gasteiger partial charge in [-0.2, -0.15) is 12.6 Å². The van der Waals surface area contributed by atoms with E-state index in [1.807, 2.05) is 54.6 Å². The molecular weight excluding hydrogens is 529 g/mol. The number of amides is 3. The van der Waals surface area contributed by atoms with E-state index in [0.717, 1.165) is 16.7 Å². The van der Waals surface area contributed by atoms with Crippen LogP contribution in [-0.2, 0) is 33.6 Å². The molecule has 0 unspecified atom stereocenters. The van der Waals surface area contributed by atoms with E-state index in [9.17, 15) is 14.4 Å². The standard InChI is InChI=1S/C28H29Cl2N3O3S/c29-22-10-6-19(7-11-22)14-16-31-27(35)25(28(36)32-17-15-20-8-12-23(30)13-9-20)33-26(34)24(37)18-21-4-2-1-3-5-21/h1-13,24-25,37H,14-18H2,(H,31,35)(H,32,36)(H,33,34)/t24-/m0/s1. The van der Waals surface area contributed by atoms with E-state index < -0.39 is 29.0 Å². The molecule has 0 aliphatic rings. The first-order chi connectivity index (χ1) is 17.8. The second-order valence-electron chi connectivity index (χ2n) is 8.48. The Morgan fingerprint density at radius 1 is 0.649 bits per heavy atom. The highest BCUT2D eigenvalue weighted by Crippen LogP contribution is 2.11. The highest BCUT2D eigenvalue weighted by molar-refractivity contribution is 7.81. The summed E-state index contributed by atoms with van der Waals surface area (Å²) in [6.07, 6.45) is 1.45. The Labute approximate surface area is 232 Å². The molecule has 0 aromatic heterocycles. The van der Waals surface area contributed by atoms with E-state index in [-0.39, 0.29) is 0 Å². The average molecular weight is 559 g/mol. The molecule has 0 bridgehead atoms. The molecule has 0 spiro atoms. The summed E-state index contributed by atoms with van der Waals surface area (Å²) in [4.78, 5) is 38.8. The normalized spacial score (nSPS) is 11.6. The Bertz CT molecular complexity index is 1110. The minimum absolute atomic E-state index is 0.291. The van der Waals surface area contributed by atoms with Crippen molar-refractivity contribution in [2.45, 2.75) is 30.6 Å². The quantitative estimate of drug-likeness (QED) is 0.200. The minimum Gasteiger partial charge on any atom is -0.354 e. The predicted molar refractivity (Wildman–Crippen MR) is 151 cm³/mol. The van der Waals surface area contributed by atoms with Gasteiger partial charge in [0.15, 0.2) is 6.04 Å². The molecule has 3 N–H and O–H groups in total. The topological polar surface area (TPSA) is 87.3 Å². The van der Waals surface area contributed by atoms with Gasteiger partial charge in [-0.1, -0.05) is 77.8 Å². The van der Waals surface area contributed by atoms with Gasteiger partial charge in [-0.05, 0) is 60.2 Å². The zero-order valence-corrected chi connectivity index (χ0v) is 22.5. The SMILES string of the molecule is O=C(NCCc1ccc(Cl)cc1)C(NC(=O)[C@@H](S)Cc1ccccc1)C(=O)NCCc1ccc(Cl)cc1. The number of nitrogens with one attached hydrogen (secondary N) is 3. The molecule has 0 saturated heterocycles. The molecule has 1 atom stereocenters. The molecule has 0 heterocycles. The van der Waals surface area contributed by atoms with Crippen LogP contribution in [0, 0.1) is 0 Å². The Kier molecular flexibility index (Phi) is 11.3. The maximum atomic E-state index is 13.0. The summed E-state index contributed by atoms with van der Waals surface area (Å²) in [6, 6.07) is 22.6. The van der Waals surface area contributed by atoms with Crippen LogP contribution in [-0.4, -0.2) is 42.1 Å². The van der Waals surface area contributed by atoms with Gasteiger partial charge in [-0.25, -0.2) is 0 Å². The maximum absolute atomic E-state index is 13.0. The summed E-state index contributed by atoms with van der Waals surface area (Å²) >= 11 is 16.2. The van der Waals surface area contributed by atoms with Gasteiger partial charge >= 0.3 is 0 Å². The molecule has 3 aromatic carbocycles. The van der Waals surface area contributed by atoms with Crippen LogP contribution in [0.1, 0.15) is 16.7 Å². The summed E-state index contributed by atoms with van der Waals surface area (Å²) in [6.45, 7) is 0.582. The first kappa shape index (κ1) is 28.6. The molecule has 0 fully saturated rings. The third kappa shape index (κ3) is 9.76. The summed E-state index contributed by atoms with van der Waals surface area (Å²) in [5.41, 5.74) is 2.89. The molecule has 0 saturated carbocycles. The first-order valence-corrected chi connectivity index (χ1v) is 13.2. The number of carbonyl (C=O) groups is 3. The lowest BCUT2D eigenvalue weighted by Crippen LogP contribution is -2.57. The van der Waals surface area contributed by atoms with Crippen molar-refractivity contribution in [3.63, 3.8) is 0 Å². The van der Waals surface area contributed by atoms with Crippen LogP contribution < -0.4 is 16.0 Å².